The largest absolute Gasteiger partial charge is 0.510 e. The lowest BCUT2D eigenvalue weighted by molar-refractivity contribution is 0.345. The van der Waals surface area contributed by atoms with E-state index >= 15 is 0 Å². The highest BCUT2D eigenvalue weighted by Crippen LogP contribution is 2.37. The summed E-state index contributed by atoms with van der Waals surface area (Å²) in [5.41, 5.74) is 3.79. The molecule has 1 fully saturated rings. The zero-order valence-corrected chi connectivity index (χ0v) is 13.2. The summed E-state index contributed by atoms with van der Waals surface area (Å²) in [7, 11) is 0. The minimum atomic E-state index is 0.279. The number of aromatic nitrogens is 1. The van der Waals surface area contributed by atoms with Crippen LogP contribution in [0.15, 0.2) is 35.4 Å². The number of rotatable bonds is 3. The Morgan fingerprint density at radius 1 is 1.27 bits per heavy atom. The fourth-order valence-corrected chi connectivity index (χ4v) is 3.66. The van der Waals surface area contributed by atoms with Gasteiger partial charge in [-0.3, -0.25) is 5.41 Å². The van der Waals surface area contributed by atoms with Crippen LogP contribution in [-0.2, 0) is 0 Å². The van der Waals surface area contributed by atoms with Crippen molar-refractivity contribution in [3.8, 4) is 11.3 Å². The van der Waals surface area contributed by atoms with Crippen LogP contribution >= 0.6 is 11.3 Å². The van der Waals surface area contributed by atoms with Crippen LogP contribution in [0.5, 0.6) is 0 Å². The number of thiazole rings is 1. The number of aliphatic hydroxyl groups excluding tert-OH is 1. The molecule has 1 aromatic heterocycles. The van der Waals surface area contributed by atoms with E-state index in [0.717, 1.165) is 29.1 Å². The summed E-state index contributed by atoms with van der Waals surface area (Å²) < 4.78 is 0. The van der Waals surface area contributed by atoms with Crippen LogP contribution in [0, 0.1) is 12.3 Å². The molecule has 4 rings (SSSR count). The van der Waals surface area contributed by atoms with E-state index in [1.807, 2.05) is 10.3 Å². The number of nitrogens with zero attached hydrogens (tertiary/aromatic N) is 2. The Labute approximate surface area is 133 Å². The molecule has 112 valence electrons. The Kier molecular flexibility index (Phi) is 3.04. The lowest BCUT2D eigenvalue weighted by Crippen LogP contribution is -2.28. The smallest absolute Gasteiger partial charge is 0.135 e. The predicted molar refractivity (Wildman–Crippen MR) is 89.3 cm³/mol. The molecular weight excluding hydrogens is 294 g/mol. The second kappa shape index (κ2) is 4.95. The number of aryl methyl sites for hydroxylation is 1. The summed E-state index contributed by atoms with van der Waals surface area (Å²) in [6.07, 6.45) is 2.24. The van der Waals surface area contributed by atoms with Gasteiger partial charge in [-0.1, -0.05) is 29.8 Å². The summed E-state index contributed by atoms with van der Waals surface area (Å²) in [6.45, 7) is 2.52. The lowest BCUT2D eigenvalue weighted by atomic mass is 10.1. The third-order valence-corrected chi connectivity index (χ3v) is 5.05. The number of hydrogen-bond acceptors (Lipinski definition) is 4. The van der Waals surface area contributed by atoms with Crippen LogP contribution in [0.1, 0.15) is 23.4 Å². The van der Waals surface area contributed by atoms with Gasteiger partial charge in [0.25, 0.3) is 0 Å². The summed E-state index contributed by atoms with van der Waals surface area (Å²) in [4.78, 5) is 6.62. The average molecular weight is 311 g/mol. The molecule has 0 spiro atoms. The molecule has 0 unspecified atom stereocenters. The van der Waals surface area contributed by atoms with Crippen molar-refractivity contribution >= 4 is 22.7 Å². The second-order valence-electron chi connectivity index (χ2n) is 5.93. The molecule has 1 aromatic carbocycles. The molecule has 0 saturated heterocycles. The van der Waals surface area contributed by atoms with Crippen LogP contribution in [0.2, 0.25) is 0 Å². The second-order valence-corrected chi connectivity index (χ2v) is 6.79. The van der Waals surface area contributed by atoms with E-state index in [1.54, 1.807) is 0 Å². The zero-order valence-electron chi connectivity index (χ0n) is 12.3. The summed E-state index contributed by atoms with van der Waals surface area (Å²) in [6, 6.07) is 8.68. The maximum absolute atomic E-state index is 10.2. The molecule has 0 bridgehead atoms. The summed E-state index contributed by atoms with van der Waals surface area (Å²) in [5.74, 6) is 0.700. The number of benzene rings is 1. The Balaban J connectivity index is 1.65. The number of nitrogens with one attached hydrogen (secondary N) is 1. The van der Waals surface area contributed by atoms with Gasteiger partial charge in [0.05, 0.1) is 17.8 Å². The van der Waals surface area contributed by atoms with Gasteiger partial charge in [-0.25, -0.2) is 4.98 Å². The van der Waals surface area contributed by atoms with Crippen molar-refractivity contribution < 1.29 is 5.11 Å². The van der Waals surface area contributed by atoms with Gasteiger partial charge in [-0.15, -0.1) is 11.3 Å². The predicted octanol–water partition coefficient (Wildman–Crippen LogP) is 3.84. The quantitative estimate of drug-likeness (QED) is 0.905. The van der Waals surface area contributed by atoms with Gasteiger partial charge in [-0.05, 0) is 19.8 Å². The molecule has 5 heteroatoms. The van der Waals surface area contributed by atoms with Crippen molar-refractivity contribution in [3.05, 3.63) is 46.0 Å². The Hall–Kier alpha value is -2.14. The fourth-order valence-electron chi connectivity index (χ4n) is 2.77. The first kappa shape index (κ1) is 13.5. The van der Waals surface area contributed by atoms with E-state index in [0.29, 0.717) is 24.0 Å². The Bertz CT molecular complexity index is 771. The van der Waals surface area contributed by atoms with Crippen molar-refractivity contribution in [1.29, 1.82) is 5.41 Å². The zero-order chi connectivity index (χ0) is 15.3. The Morgan fingerprint density at radius 3 is 2.68 bits per heavy atom. The SMILES string of the molecule is Cc1ccc(-c2csc(C3=C(O)CN(C4CC4)C3=N)n2)cc1. The summed E-state index contributed by atoms with van der Waals surface area (Å²) >= 11 is 1.49. The molecule has 2 aliphatic rings. The van der Waals surface area contributed by atoms with Crippen LogP contribution < -0.4 is 0 Å². The first-order chi connectivity index (χ1) is 10.6. The maximum atomic E-state index is 10.2. The highest BCUT2D eigenvalue weighted by Gasteiger charge is 2.39. The minimum Gasteiger partial charge on any atom is -0.510 e. The van der Waals surface area contributed by atoms with Crippen molar-refractivity contribution in [2.75, 3.05) is 6.54 Å². The van der Waals surface area contributed by atoms with Crippen molar-refractivity contribution in [1.82, 2.24) is 9.88 Å². The van der Waals surface area contributed by atoms with Gasteiger partial charge in [0, 0.05) is 17.0 Å². The van der Waals surface area contributed by atoms with E-state index in [4.69, 9.17) is 5.41 Å². The molecule has 0 radical (unpaired) electrons. The first-order valence-corrected chi connectivity index (χ1v) is 8.32. The van der Waals surface area contributed by atoms with Crippen molar-refractivity contribution in [2.45, 2.75) is 25.8 Å². The van der Waals surface area contributed by atoms with E-state index in [-0.39, 0.29) is 5.76 Å². The molecular formula is C17H17N3OS. The summed E-state index contributed by atoms with van der Waals surface area (Å²) in [5, 5.41) is 21.3. The molecule has 0 amide bonds. The maximum Gasteiger partial charge on any atom is 0.135 e. The topological polar surface area (TPSA) is 60.2 Å². The molecule has 22 heavy (non-hydrogen) atoms. The molecule has 1 aliphatic heterocycles. The van der Waals surface area contributed by atoms with Crippen LogP contribution in [0.3, 0.4) is 0 Å². The molecule has 0 atom stereocenters. The highest BCUT2D eigenvalue weighted by atomic mass is 32.1. The molecule has 2 aromatic rings. The van der Waals surface area contributed by atoms with Gasteiger partial charge >= 0.3 is 0 Å². The van der Waals surface area contributed by atoms with E-state index in [1.165, 1.54) is 16.9 Å². The van der Waals surface area contributed by atoms with E-state index in [2.05, 4.69) is 36.2 Å². The fraction of sp³-hybridized carbons (Fsp3) is 0.294. The number of hydrogen-bond donors (Lipinski definition) is 2. The molecule has 2 N–H and O–H groups in total. The average Bonchev–Trinajstić information content (AvgIpc) is 3.16. The van der Waals surface area contributed by atoms with Crippen molar-refractivity contribution in [2.24, 2.45) is 0 Å². The van der Waals surface area contributed by atoms with Crippen LogP contribution in [-0.4, -0.2) is 33.4 Å². The van der Waals surface area contributed by atoms with Gasteiger partial charge in [-0.2, -0.15) is 0 Å². The molecule has 4 nitrogen and oxygen atoms in total. The van der Waals surface area contributed by atoms with Crippen LogP contribution in [0.4, 0.5) is 0 Å². The van der Waals surface area contributed by atoms with Gasteiger partial charge < -0.3 is 10.0 Å². The minimum absolute atomic E-state index is 0.279. The van der Waals surface area contributed by atoms with E-state index in [9.17, 15) is 5.11 Å². The monoisotopic (exact) mass is 311 g/mol. The Morgan fingerprint density at radius 2 is 2.00 bits per heavy atom. The molecule has 2 heterocycles. The first-order valence-electron chi connectivity index (χ1n) is 7.44. The van der Waals surface area contributed by atoms with Gasteiger partial charge in [0.15, 0.2) is 0 Å². The third-order valence-electron chi connectivity index (χ3n) is 4.19. The van der Waals surface area contributed by atoms with Gasteiger partial charge in [0.2, 0.25) is 0 Å². The molecule has 1 aliphatic carbocycles. The van der Waals surface area contributed by atoms with Crippen molar-refractivity contribution in [3.63, 3.8) is 0 Å². The number of aliphatic hydroxyl groups is 1. The number of amidine groups is 1. The normalized spacial score (nSPS) is 18.4. The van der Waals surface area contributed by atoms with Gasteiger partial charge in [0.1, 0.15) is 16.6 Å². The van der Waals surface area contributed by atoms with E-state index < -0.39 is 0 Å². The van der Waals surface area contributed by atoms with Crippen LogP contribution in [0.25, 0.3) is 16.8 Å². The third kappa shape index (κ3) is 2.22. The standard InChI is InChI=1S/C17H17N3OS/c1-10-2-4-11(5-3-10)13-9-22-17(19-13)15-14(21)8-20(16(15)18)12-6-7-12/h2-5,9,12,18,21H,6-8H2,1H3. The highest BCUT2D eigenvalue weighted by molar-refractivity contribution is 7.11. The molecule has 1 saturated carbocycles. The lowest BCUT2D eigenvalue weighted by Gasteiger charge is -2.16.